The van der Waals surface area contributed by atoms with Gasteiger partial charge in [0.2, 0.25) is 0 Å². The quantitative estimate of drug-likeness (QED) is 0.588. The first-order chi connectivity index (χ1) is 12.4. The van der Waals surface area contributed by atoms with Crippen molar-refractivity contribution in [2.75, 3.05) is 36.4 Å². The van der Waals surface area contributed by atoms with Gasteiger partial charge < -0.3 is 15.1 Å². The molecule has 1 saturated heterocycles. The Balaban J connectivity index is 1.57. The van der Waals surface area contributed by atoms with Crippen LogP contribution >= 0.6 is 35.4 Å². The van der Waals surface area contributed by atoms with Crippen LogP contribution in [-0.2, 0) is 0 Å². The van der Waals surface area contributed by atoms with Crippen LogP contribution in [0.2, 0.25) is 10.0 Å². The van der Waals surface area contributed by atoms with Crippen molar-refractivity contribution in [1.29, 1.82) is 0 Å². The minimum Gasteiger partial charge on any atom is -0.368 e. The van der Waals surface area contributed by atoms with E-state index in [0.29, 0.717) is 15.2 Å². The van der Waals surface area contributed by atoms with Crippen molar-refractivity contribution < 1.29 is 4.79 Å². The highest BCUT2D eigenvalue weighted by molar-refractivity contribution is 7.80. The monoisotopic (exact) mass is 407 g/mol. The van der Waals surface area contributed by atoms with Crippen molar-refractivity contribution >= 4 is 57.7 Å². The molecular weight excluding hydrogens is 389 g/mol. The number of anilines is 2. The summed E-state index contributed by atoms with van der Waals surface area (Å²) in [6.45, 7) is 4.91. The highest BCUT2D eigenvalue weighted by atomic mass is 35.5. The molecular formula is C19H19Cl2N3OS. The van der Waals surface area contributed by atoms with Gasteiger partial charge in [-0.15, -0.1) is 0 Å². The maximum atomic E-state index is 11.4. The van der Waals surface area contributed by atoms with E-state index in [0.717, 1.165) is 43.1 Å². The van der Waals surface area contributed by atoms with Crippen LogP contribution in [0.4, 0.5) is 11.4 Å². The molecule has 136 valence electrons. The summed E-state index contributed by atoms with van der Waals surface area (Å²) in [6.07, 6.45) is 0. The number of Topliss-reactive ketones (excluding diaryl/α,β-unsaturated/α-hetero) is 1. The maximum Gasteiger partial charge on any atom is 0.173 e. The molecule has 0 spiro atoms. The van der Waals surface area contributed by atoms with Gasteiger partial charge in [0, 0.05) is 42.5 Å². The summed E-state index contributed by atoms with van der Waals surface area (Å²) in [7, 11) is 0. The van der Waals surface area contributed by atoms with E-state index >= 15 is 0 Å². The van der Waals surface area contributed by atoms with Crippen molar-refractivity contribution in [3.63, 3.8) is 0 Å². The van der Waals surface area contributed by atoms with Crippen LogP contribution in [0.25, 0.3) is 0 Å². The molecule has 1 heterocycles. The summed E-state index contributed by atoms with van der Waals surface area (Å²) in [5, 5.41) is 4.98. The third-order valence-electron chi connectivity index (χ3n) is 4.38. The third-order valence-corrected chi connectivity index (χ3v) is 5.29. The zero-order chi connectivity index (χ0) is 18.7. The molecule has 1 fully saturated rings. The molecule has 1 N–H and O–H groups in total. The number of hydrogen-bond donors (Lipinski definition) is 1. The molecule has 4 nitrogen and oxygen atoms in total. The van der Waals surface area contributed by atoms with Crippen LogP contribution in [0.1, 0.15) is 17.3 Å². The molecule has 0 saturated carbocycles. The fraction of sp³-hybridized carbons (Fsp3) is 0.263. The second-order valence-electron chi connectivity index (χ2n) is 6.13. The lowest BCUT2D eigenvalue weighted by Gasteiger charge is -2.37. The minimum atomic E-state index is 0.0821. The van der Waals surface area contributed by atoms with Crippen LogP contribution in [0.15, 0.2) is 42.5 Å². The Labute approximate surface area is 168 Å². The molecule has 0 aliphatic carbocycles. The van der Waals surface area contributed by atoms with E-state index in [4.69, 9.17) is 35.4 Å². The summed E-state index contributed by atoms with van der Waals surface area (Å²) >= 11 is 17.6. The first-order valence-electron chi connectivity index (χ1n) is 8.31. The first kappa shape index (κ1) is 19.0. The predicted molar refractivity (Wildman–Crippen MR) is 113 cm³/mol. The van der Waals surface area contributed by atoms with Gasteiger partial charge in [0.15, 0.2) is 10.9 Å². The Morgan fingerprint density at radius 2 is 1.69 bits per heavy atom. The second kappa shape index (κ2) is 8.25. The van der Waals surface area contributed by atoms with Crippen molar-refractivity contribution in [1.82, 2.24) is 4.90 Å². The average molecular weight is 408 g/mol. The van der Waals surface area contributed by atoms with E-state index < -0.39 is 0 Å². The second-order valence-corrected chi connectivity index (χ2v) is 7.36. The van der Waals surface area contributed by atoms with Gasteiger partial charge in [-0.2, -0.15) is 0 Å². The van der Waals surface area contributed by atoms with Crippen LogP contribution in [0.3, 0.4) is 0 Å². The lowest BCUT2D eigenvalue weighted by Crippen LogP contribution is -2.50. The topological polar surface area (TPSA) is 35.6 Å². The van der Waals surface area contributed by atoms with Crippen molar-refractivity contribution in [2.24, 2.45) is 0 Å². The lowest BCUT2D eigenvalue weighted by molar-refractivity contribution is 0.101. The molecule has 7 heteroatoms. The highest BCUT2D eigenvalue weighted by Gasteiger charge is 2.20. The van der Waals surface area contributed by atoms with Crippen molar-refractivity contribution in [3.8, 4) is 0 Å². The fourth-order valence-corrected chi connectivity index (χ4v) is 3.61. The highest BCUT2D eigenvalue weighted by Crippen LogP contribution is 2.26. The normalized spacial score (nSPS) is 14.3. The molecule has 0 unspecified atom stereocenters. The Morgan fingerprint density at radius 3 is 2.27 bits per heavy atom. The molecule has 0 aromatic heterocycles. The number of nitrogens with one attached hydrogen (secondary N) is 1. The van der Waals surface area contributed by atoms with Gasteiger partial charge in [0.05, 0.1) is 10.7 Å². The predicted octanol–water partition coefficient (Wildman–Crippen LogP) is 4.72. The van der Waals surface area contributed by atoms with Gasteiger partial charge in [-0.05, 0) is 61.6 Å². The largest absolute Gasteiger partial charge is 0.368 e. The summed E-state index contributed by atoms with van der Waals surface area (Å²) in [4.78, 5) is 15.8. The van der Waals surface area contributed by atoms with Crippen LogP contribution < -0.4 is 10.2 Å². The van der Waals surface area contributed by atoms with Gasteiger partial charge in [0.1, 0.15) is 0 Å². The smallest absolute Gasteiger partial charge is 0.173 e. The number of hydrogen-bond acceptors (Lipinski definition) is 3. The number of carbonyl (C=O) groups excluding carboxylic acids is 1. The zero-order valence-corrected chi connectivity index (χ0v) is 16.7. The maximum absolute atomic E-state index is 11.4. The third kappa shape index (κ3) is 4.47. The molecule has 1 aliphatic rings. The number of carbonyl (C=O) groups is 1. The average Bonchev–Trinajstić information content (AvgIpc) is 2.64. The molecule has 3 rings (SSSR count). The number of piperazine rings is 1. The van der Waals surface area contributed by atoms with E-state index in [1.54, 1.807) is 19.1 Å². The van der Waals surface area contributed by atoms with Crippen LogP contribution in [-0.4, -0.2) is 42.0 Å². The molecule has 0 radical (unpaired) electrons. The number of benzene rings is 2. The Hall–Kier alpha value is -1.82. The van der Waals surface area contributed by atoms with Gasteiger partial charge in [-0.3, -0.25) is 4.79 Å². The first-order valence-corrected chi connectivity index (χ1v) is 9.47. The number of ketones is 1. The summed E-state index contributed by atoms with van der Waals surface area (Å²) in [5.74, 6) is 0.0821. The standard InChI is InChI=1S/C19H19Cl2N3OS/c1-13(25)14-2-5-16(6-3-14)23-8-10-24(11-9-23)19(26)22-18-7-4-15(20)12-17(18)21/h2-7,12H,8-11H2,1H3,(H,22,26). The SMILES string of the molecule is CC(=O)c1ccc(N2CCN(C(=S)Nc3ccc(Cl)cc3Cl)CC2)cc1. The Morgan fingerprint density at radius 1 is 1.04 bits per heavy atom. The molecule has 1 aliphatic heterocycles. The number of nitrogens with zero attached hydrogens (tertiary/aromatic N) is 2. The van der Waals surface area contributed by atoms with E-state index in [-0.39, 0.29) is 5.78 Å². The number of thiocarbonyl (C=S) groups is 1. The van der Waals surface area contributed by atoms with Crippen molar-refractivity contribution in [3.05, 3.63) is 58.1 Å². The summed E-state index contributed by atoms with van der Waals surface area (Å²) < 4.78 is 0. The zero-order valence-electron chi connectivity index (χ0n) is 14.3. The van der Waals surface area contributed by atoms with Gasteiger partial charge >= 0.3 is 0 Å². The summed E-state index contributed by atoms with van der Waals surface area (Å²) in [5.41, 5.74) is 2.61. The van der Waals surface area contributed by atoms with Gasteiger partial charge in [0.25, 0.3) is 0 Å². The van der Waals surface area contributed by atoms with Crippen LogP contribution in [0.5, 0.6) is 0 Å². The number of halogens is 2. The van der Waals surface area contributed by atoms with E-state index in [9.17, 15) is 4.79 Å². The van der Waals surface area contributed by atoms with E-state index in [2.05, 4.69) is 15.1 Å². The Bertz CT molecular complexity index is 818. The molecule has 0 bridgehead atoms. The minimum absolute atomic E-state index is 0.0821. The van der Waals surface area contributed by atoms with Crippen LogP contribution in [0, 0.1) is 0 Å². The Kier molecular flexibility index (Phi) is 6.01. The molecule has 2 aromatic rings. The van der Waals surface area contributed by atoms with E-state index in [1.165, 1.54) is 0 Å². The molecule has 0 atom stereocenters. The van der Waals surface area contributed by atoms with Gasteiger partial charge in [-0.1, -0.05) is 23.2 Å². The summed E-state index contributed by atoms with van der Waals surface area (Å²) in [6, 6.07) is 13.0. The molecule has 0 amide bonds. The van der Waals surface area contributed by atoms with Gasteiger partial charge in [-0.25, -0.2) is 0 Å². The molecule has 26 heavy (non-hydrogen) atoms. The fourth-order valence-electron chi connectivity index (χ4n) is 2.86. The van der Waals surface area contributed by atoms with Crippen molar-refractivity contribution in [2.45, 2.75) is 6.92 Å². The van der Waals surface area contributed by atoms with E-state index in [1.807, 2.05) is 30.3 Å². The lowest BCUT2D eigenvalue weighted by atomic mass is 10.1. The number of rotatable bonds is 3. The molecule has 2 aromatic carbocycles.